The van der Waals surface area contributed by atoms with Crippen molar-refractivity contribution in [3.63, 3.8) is 0 Å². The molecule has 4 nitrogen and oxygen atoms in total. The second kappa shape index (κ2) is 10.1. The maximum absolute atomic E-state index is 6.10. The third-order valence-electron chi connectivity index (χ3n) is 9.30. The Labute approximate surface area is 269 Å². The largest absolute Gasteiger partial charge is 0.456 e. The van der Waals surface area contributed by atoms with Crippen molar-refractivity contribution in [3.8, 4) is 34.2 Å². The van der Waals surface area contributed by atoms with E-state index in [-0.39, 0.29) is 0 Å². The zero-order valence-electron chi connectivity index (χ0n) is 25.2. The third kappa shape index (κ3) is 4.12. The Morgan fingerprint density at radius 2 is 0.787 bits per heavy atom. The summed E-state index contributed by atoms with van der Waals surface area (Å²) in [5.74, 6) is 1.90. The van der Waals surface area contributed by atoms with Gasteiger partial charge in [-0.1, -0.05) is 121 Å². The van der Waals surface area contributed by atoms with Crippen LogP contribution >= 0.6 is 0 Å². The van der Waals surface area contributed by atoms with Gasteiger partial charge in [0.15, 0.2) is 17.5 Å². The molecule has 10 aromatic rings. The van der Waals surface area contributed by atoms with Crippen LogP contribution in [0.15, 0.2) is 156 Å². The summed E-state index contributed by atoms with van der Waals surface area (Å²) in [7, 11) is 0. The Balaban J connectivity index is 1.18. The summed E-state index contributed by atoms with van der Waals surface area (Å²) in [4.78, 5) is 15.1. The van der Waals surface area contributed by atoms with E-state index in [1.54, 1.807) is 0 Å². The first kappa shape index (κ1) is 25.9. The van der Waals surface area contributed by atoms with Gasteiger partial charge in [-0.25, -0.2) is 15.0 Å². The zero-order chi connectivity index (χ0) is 30.9. The lowest BCUT2D eigenvalue weighted by atomic mass is 9.93. The number of fused-ring (bicyclic) bond motifs is 10. The fourth-order valence-electron chi connectivity index (χ4n) is 6.99. The molecule has 0 spiro atoms. The third-order valence-corrected chi connectivity index (χ3v) is 9.30. The van der Waals surface area contributed by atoms with Crippen LogP contribution in [-0.4, -0.2) is 15.0 Å². The number of nitrogens with zero attached hydrogens (tertiary/aromatic N) is 3. The number of hydrogen-bond donors (Lipinski definition) is 0. The van der Waals surface area contributed by atoms with E-state index in [1.165, 1.54) is 43.1 Å². The number of hydrogen-bond acceptors (Lipinski definition) is 4. The first-order chi connectivity index (χ1) is 23.3. The van der Waals surface area contributed by atoms with E-state index in [1.807, 2.05) is 60.7 Å². The van der Waals surface area contributed by atoms with Crippen LogP contribution in [0.1, 0.15) is 0 Å². The molecule has 8 aromatic carbocycles. The van der Waals surface area contributed by atoms with Crippen molar-refractivity contribution in [2.24, 2.45) is 0 Å². The van der Waals surface area contributed by atoms with E-state index in [0.29, 0.717) is 17.5 Å². The molecule has 2 aromatic heterocycles. The van der Waals surface area contributed by atoms with Gasteiger partial charge in [0, 0.05) is 27.5 Å². The summed E-state index contributed by atoms with van der Waals surface area (Å²) in [6.07, 6.45) is 0. The van der Waals surface area contributed by atoms with Gasteiger partial charge in [-0.15, -0.1) is 0 Å². The molecule has 10 rings (SSSR count). The monoisotopic (exact) mass is 599 g/mol. The van der Waals surface area contributed by atoms with Crippen LogP contribution in [0.3, 0.4) is 0 Å². The molecule has 0 N–H and O–H groups in total. The molecule has 0 aliphatic rings. The first-order valence-electron chi connectivity index (χ1n) is 15.8. The highest BCUT2D eigenvalue weighted by molar-refractivity contribution is 6.22. The van der Waals surface area contributed by atoms with Crippen LogP contribution in [-0.2, 0) is 0 Å². The van der Waals surface area contributed by atoms with Crippen molar-refractivity contribution in [3.05, 3.63) is 152 Å². The average Bonchev–Trinajstić information content (AvgIpc) is 3.52. The van der Waals surface area contributed by atoms with Crippen LogP contribution in [0.2, 0.25) is 0 Å². The van der Waals surface area contributed by atoms with Gasteiger partial charge in [-0.2, -0.15) is 0 Å². The van der Waals surface area contributed by atoms with Crippen molar-refractivity contribution < 1.29 is 4.42 Å². The Hall–Kier alpha value is -6.39. The average molecular weight is 600 g/mol. The highest BCUT2D eigenvalue weighted by atomic mass is 16.3. The molecular formula is C43H25N3O. The fraction of sp³-hybridized carbons (Fsp3) is 0. The van der Waals surface area contributed by atoms with E-state index in [0.717, 1.165) is 38.6 Å². The van der Waals surface area contributed by atoms with E-state index >= 15 is 0 Å². The molecule has 0 radical (unpaired) electrons. The van der Waals surface area contributed by atoms with E-state index < -0.39 is 0 Å². The minimum Gasteiger partial charge on any atom is -0.456 e. The van der Waals surface area contributed by atoms with Gasteiger partial charge in [-0.3, -0.25) is 0 Å². The fourth-order valence-corrected chi connectivity index (χ4v) is 6.99. The Morgan fingerprint density at radius 3 is 1.55 bits per heavy atom. The zero-order valence-corrected chi connectivity index (χ0v) is 25.2. The van der Waals surface area contributed by atoms with Crippen LogP contribution in [0.5, 0.6) is 0 Å². The molecule has 0 saturated heterocycles. The van der Waals surface area contributed by atoms with E-state index in [2.05, 4.69) is 91.0 Å². The summed E-state index contributed by atoms with van der Waals surface area (Å²) in [6, 6.07) is 52.9. The molecule has 0 unspecified atom stereocenters. The highest BCUT2D eigenvalue weighted by Gasteiger charge is 2.16. The maximum Gasteiger partial charge on any atom is 0.164 e. The van der Waals surface area contributed by atoms with Gasteiger partial charge < -0.3 is 4.42 Å². The second-order valence-electron chi connectivity index (χ2n) is 12.0. The Kier molecular flexibility index (Phi) is 5.54. The molecule has 47 heavy (non-hydrogen) atoms. The van der Waals surface area contributed by atoms with Crippen molar-refractivity contribution >= 4 is 65.0 Å². The summed E-state index contributed by atoms with van der Waals surface area (Å²) < 4.78 is 6.10. The van der Waals surface area contributed by atoms with Crippen molar-refractivity contribution in [1.29, 1.82) is 0 Å². The van der Waals surface area contributed by atoms with Gasteiger partial charge in [0.2, 0.25) is 0 Å². The van der Waals surface area contributed by atoms with E-state index in [4.69, 9.17) is 19.4 Å². The molecule has 0 aliphatic heterocycles. The normalized spacial score (nSPS) is 11.8. The number of rotatable bonds is 3. The number of aromatic nitrogens is 3. The predicted octanol–water partition coefficient (Wildman–Crippen LogP) is 11.4. The minimum absolute atomic E-state index is 0.622. The van der Waals surface area contributed by atoms with Crippen LogP contribution < -0.4 is 0 Å². The standard InChI is InChI=1S/C43H25N3O/c1-2-9-28(10-3-1)41-44-42(46-43(45-41)30-18-23-40-38(25-30)36-12-6-7-13-39(36)47-40)29-15-14-27-17-20-34-33-19-16-26-8-4-5-11-31(26)32(33)21-22-35(34)37(27)24-29/h1-25H. The number of furan rings is 1. The van der Waals surface area contributed by atoms with Crippen LogP contribution in [0, 0.1) is 0 Å². The molecule has 0 amide bonds. The summed E-state index contributed by atoms with van der Waals surface area (Å²) in [6.45, 7) is 0. The molecule has 0 atom stereocenters. The molecule has 0 saturated carbocycles. The summed E-state index contributed by atoms with van der Waals surface area (Å²) in [5, 5.41) is 12.0. The molecule has 218 valence electrons. The highest BCUT2D eigenvalue weighted by Crippen LogP contribution is 2.37. The van der Waals surface area contributed by atoms with E-state index in [9.17, 15) is 0 Å². The number of para-hydroxylation sites is 1. The van der Waals surface area contributed by atoms with Gasteiger partial charge >= 0.3 is 0 Å². The lowest BCUT2D eigenvalue weighted by Crippen LogP contribution is -2.00. The van der Waals surface area contributed by atoms with Gasteiger partial charge in [0.05, 0.1) is 0 Å². The van der Waals surface area contributed by atoms with Crippen LogP contribution in [0.25, 0.3) is 99.2 Å². The SMILES string of the molecule is c1ccc(-c2nc(-c3ccc4ccc5c(ccc6c7ccccc7ccc65)c4c3)nc(-c3ccc4oc5ccccc5c4c3)n2)cc1. The Bertz CT molecular complexity index is 2850. The van der Waals surface area contributed by atoms with Crippen molar-refractivity contribution in [2.45, 2.75) is 0 Å². The summed E-state index contributed by atoms with van der Waals surface area (Å²) in [5.41, 5.74) is 4.51. The van der Waals surface area contributed by atoms with Gasteiger partial charge in [0.1, 0.15) is 11.2 Å². The minimum atomic E-state index is 0.622. The second-order valence-corrected chi connectivity index (χ2v) is 12.0. The molecule has 0 aliphatic carbocycles. The quantitative estimate of drug-likeness (QED) is 0.190. The first-order valence-corrected chi connectivity index (χ1v) is 15.8. The summed E-state index contributed by atoms with van der Waals surface area (Å²) >= 11 is 0. The smallest absolute Gasteiger partial charge is 0.164 e. The van der Waals surface area contributed by atoms with Gasteiger partial charge in [0.25, 0.3) is 0 Å². The molecular weight excluding hydrogens is 574 g/mol. The molecule has 0 fully saturated rings. The molecule has 2 heterocycles. The van der Waals surface area contributed by atoms with Crippen molar-refractivity contribution in [1.82, 2.24) is 15.0 Å². The lowest BCUT2D eigenvalue weighted by Gasteiger charge is -2.12. The molecule has 4 heteroatoms. The maximum atomic E-state index is 6.10. The number of benzene rings is 8. The van der Waals surface area contributed by atoms with Crippen LogP contribution in [0.4, 0.5) is 0 Å². The molecule has 0 bridgehead atoms. The van der Waals surface area contributed by atoms with Crippen molar-refractivity contribution in [2.75, 3.05) is 0 Å². The Morgan fingerprint density at radius 1 is 0.298 bits per heavy atom. The lowest BCUT2D eigenvalue weighted by molar-refractivity contribution is 0.669. The topological polar surface area (TPSA) is 51.8 Å². The predicted molar refractivity (Wildman–Crippen MR) is 193 cm³/mol. The van der Waals surface area contributed by atoms with Gasteiger partial charge in [-0.05, 0) is 73.4 Å².